The fourth-order valence-corrected chi connectivity index (χ4v) is 3.49. The van der Waals surface area contributed by atoms with Crippen molar-refractivity contribution in [1.82, 2.24) is 4.98 Å². The first-order valence-corrected chi connectivity index (χ1v) is 8.38. The largest absolute Gasteiger partial charge is 0.387 e. The number of nitrogens with zero attached hydrogens (tertiary/aromatic N) is 1. The third-order valence-corrected chi connectivity index (χ3v) is 4.68. The molecule has 0 amide bonds. The maximum atomic E-state index is 10.4. The number of ether oxygens (including phenoxy) is 1. The zero-order chi connectivity index (χ0) is 14.7. The summed E-state index contributed by atoms with van der Waals surface area (Å²) in [6.45, 7) is 0.894. The number of fused-ring (bicyclic) bond motifs is 1. The molecular weight excluding hydrogens is 330 g/mol. The third-order valence-electron chi connectivity index (χ3n) is 4.05. The molecule has 4 heteroatoms. The van der Waals surface area contributed by atoms with Crippen molar-refractivity contribution in [1.29, 1.82) is 0 Å². The molecule has 3 rings (SSSR count). The Hall–Kier alpha value is -0.970. The van der Waals surface area contributed by atoms with Gasteiger partial charge in [0.05, 0.1) is 23.4 Å². The minimum atomic E-state index is -0.523. The lowest BCUT2D eigenvalue weighted by atomic mass is 10.0. The van der Waals surface area contributed by atoms with Crippen LogP contribution in [0.2, 0.25) is 0 Å². The highest BCUT2D eigenvalue weighted by Crippen LogP contribution is 2.29. The van der Waals surface area contributed by atoms with Gasteiger partial charge in [-0.25, -0.2) is 4.98 Å². The van der Waals surface area contributed by atoms with Gasteiger partial charge in [-0.1, -0.05) is 18.2 Å². The number of rotatable bonds is 5. The summed E-state index contributed by atoms with van der Waals surface area (Å²) < 4.78 is 6.50. The quantitative estimate of drug-likeness (QED) is 0.870. The second-order valence-corrected chi connectivity index (χ2v) is 6.48. The van der Waals surface area contributed by atoms with Crippen molar-refractivity contribution in [3.05, 3.63) is 40.5 Å². The SMILES string of the molecule is OC(CCCC1CCCO1)c1nc2ccccc2cc1Br. The maximum Gasteiger partial charge on any atom is 0.0971 e. The van der Waals surface area contributed by atoms with Crippen molar-refractivity contribution in [3.63, 3.8) is 0 Å². The van der Waals surface area contributed by atoms with E-state index in [9.17, 15) is 5.11 Å². The summed E-state index contributed by atoms with van der Waals surface area (Å²) in [5.74, 6) is 0. The van der Waals surface area contributed by atoms with Crippen LogP contribution in [-0.4, -0.2) is 22.8 Å². The van der Waals surface area contributed by atoms with E-state index >= 15 is 0 Å². The molecule has 112 valence electrons. The molecule has 1 N–H and O–H groups in total. The lowest BCUT2D eigenvalue weighted by molar-refractivity contribution is 0.0939. The van der Waals surface area contributed by atoms with Crippen LogP contribution in [0.25, 0.3) is 10.9 Å². The molecule has 21 heavy (non-hydrogen) atoms. The van der Waals surface area contributed by atoms with Crippen molar-refractivity contribution < 1.29 is 9.84 Å². The highest BCUT2D eigenvalue weighted by atomic mass is 79.9. The number of pyridine rings is 1. The van der Waals surface area contributed by atoms with Crippen molar-refractivity contribution in [2.45, 2.75) is 44.3 Å². The van der Waals surface area contributed by atoms with Crippen LogP contribution in [0, 0.1) is 0 Å². The summed E-state index contributed by atoms with van der Waals surface area (Å²) in [4.78, 5) is 4.60. The van der Waals surface area contributed by atoms with Crippen molar-refractivity contribution in [2.24, 2.45) is 0 Å². The average Bonchev–Trinajstić information content (AvgIpc) is 2.99. The fraction of sp³-hybridized carbons (Fsp3) is 0.471. The maximum absolute atomic E-state index is 10.4. The highest BCUT2D eigenvalue weighted by Gasteiger charge is 2.18. The lowest BCUT2D eigenvalue weighted by Gasteiger charge is -2.14. The van der Waals surface area contributed by atoms with E-state index in [-0.39, 0.29) is 0 Å². The number of para-hydroxylation sites is 1. The number of benzene rings is 1. The number of hydrogen-bond acceptors (Lipinski definition) is 3. The van der Waals surface area contributed by atoms with Crippen LogP contribution in [0.1, 0.15) is 43.9 Å². The van der Waals surface area contributed by atoms with E-state index in [1.807, 2.05) is 30.3 Å². The van der Waals surface area contributed by atoms with Crippen LogP contribution in [-0.2, 0) is 4.74 Å². The van der Waals surface area contributed by atoms with Gasteiger partial charge in [-0.2, -0.15) is 0 Å². The molecule has 1 saturated heterocycles. The molecular formula is C17H20BrNO2. The molecule has 3 nitrogen and oxygen atoms in total. The predicted octanol–water partition coefficient (Wildman–Crippen LogP) is 4.38. The molecule has 1 aromatic carbocycles. The van der Waals surface area contributed by atoms with Crippen LogP contribution >= 0.6 is 15.9 Å². The zero-order valence-corrected chi connectivity index (χ0v) is 13.6. The van der Waals surface area contributed by atoms with E-state index in [1.54, 1.807) is 0 Å². The molecule has 0 aliphatic carbocycles. The van der Waals surface area contributed by atoms with E-state index in [1.165, 1.54) is 6.42 Å². The van der Waals surface area contributed by atoms with Gasteiger partial charge >= 0.3 is 0 Å². The van der Waals surface area contributed by atoms with Gasteiger partial charge in [0, 0.05) is 16.5 Å². The first-order chi connectivity index (χ1) is 10.2. The summed E-state index contributed by atoms with van der Waals surface area (Å²) in [5, 5.41) is 11.5. The number of hydrogen-bond donors (Lipinski definition) is 1. The smallest absolute Gasteiger partial charge is 0.0971 e. The second-order valence-electron chi connectivity index (χ2n) is 5.63. The molecule has 1 aliphatic rings. The Bertz CT molecular complexity index is 611. The molecule has 0 bridgehead atoms. The topological polar surface area (TPSA) is 42.4 Å². The van der Waals surface area contributed by atoms with Crippen LogP contribution in [0.5, 0.6) is 0 Å². The number of aromatic nitrogens is 1. The number of aliphatic hydroxyl groups excluding tert-OH is 1. The molecule has 2 heterocycles. The Kier molecular flexibility index (Phi) is 4.88. The summed E-state index contributed by atoms with van der Waals surface area (Å²) in [5.41, 5.74) is 1.66. The zero-order valence-electron chi connectivity index (χ0n) is 12.0. The molecule has 1 aromatic heterocycles. The van der Waals surface area contributed by atoms with Gasteiger partial charge < -0.3 is 9.84 Å². The Morgan fingerprint density at radius 1 is 1.38 bits per heavy atom. The molecule has 0 radical (unpaired) electrons. The first kappa shape index (κ1) is 14.9. The van der Waals surface area contributed by atoms with Gasteiger partial charge in [-0.05, 0) is 60.2 Å². The van der Waals surface area contributed by atoms with E-state index in [4.69, 9.17) is 4.74 Å². The van der Waals surface area contributed by atoms with Gasteiger partial charge in [0.25, 0.3) is 0 Å². The molecule has 2 unspecified atom stereocenters. The van der Waals surface area contributed by atoms with E-state index in [0.717, 1.165) is 53.4 Å². The Morgan fingerprint density at radius 3 is 3.05 bits per heavy atom. The second kappa shape index (κ2) is 6.86. The van der Waals surface area contributed by atoms with Crippen molar-refractivity contribution >= 4 is 26.8 Å². The van der Waals surface area contributed by atoms with Crippen LogP contribution in [0.15, 0.2) is 34.8 Å². The monoisotopic (exact) mass is 349 g/mol. The third kappa shape index (κ3) is 3.62. The van der Waals surface area contributed by atoms with Gasteiger partial charge in [-0.3, -0.25) is 0 Å². The normalized spacial score (nSPS) is 20.0. The van der Waals surface area contributed by atoms with Crippen LogP contribution in [0.4, 0.5) is 0 Å². The van der Waals surface area contributed by atoms with E-state index < -0.39 is 6.10 Å². The lowest BCUT2D eigenvalue weighted by Crippen LogP contribution is -2.07. The summed E-state index contributed by atoms with van der Waals surface area (Å²) >= 11 is 3.53. The standard InChI is InChI=1S/C17H20BrNO2/c18-14-11-12-5-1-2-8-15(12)19-17(14)16(20)9-3-6-13-7-4-10-21-13/h1-2,5,8,11,13,16,20H,3-4,6-7,9-10H2. The van der Waals surface area contributed by atoms with Gasteiger partial charge in [0.2, 0.25) is 0 Å². The first-order valence-electron chi connectivity index (χ1n) is 7.59. The molecule has 0 saturated carbocycles. The van der Waals surface area contributed by atoms with Crippen molar-refractivity contribution in [3.8, 4) is 0 Å². The van der Waals surface area contributed by atoms with Gasteiger partial charge in [0.1, 0.15) is 0 Å². The number of aliphatic hydroxyl groups is 1. The fourth-order valence-electron chi connectivity index (χ4n) is 2.89. The summed E-state index contributed by atoms with van der Waals surface area (Å²) in [6, 6.07) is 10.00. The number of halogens is 1. The Labute approximate surface area is 133 Å². The van der Waals surface area contributed by atoms with E-state index in [0.29, 0.717) is 6.10 Å². The Morgan fingerprint density at radius 2 is 2.24 bits per heavy atom. The predicted molar refractivity (Wildman–Crippen MR) is 87.2 cm³/mol. The van der Waals surface area contributed by atoms with Gasteiger partial charge in [-0.15, -0.1) is 0 Å². The summed E-state index contributed by atoms with van der Waals surface area (Å²) in [7, 11) is 0. The Balaban J connectivity index is 1.65. The minimum absolute atomic E-state index is 0.394. The highest BCUT2D eigenvalue weighted by molar-refractivity contribution is 9.10. The average molecular weight is 350 g/mol. The molecule has 1 aliphatic heterocycles. The summed E-state index contributed by atoms with van der Waals surface area (Å²) in [6.07, 6.45) is 4.92. The molecule has 2 atom stereocenters. The molecule has 2 aromatic rings. The van der Waals surface area contributed by atoms with Gasteiger partial charge in [0.15, 0.2) is 0 Å². The van der Waals surface area contributed by atoms with Crippen LogP contribution < -0.4 is 0 Å². The van der Waals surface area contributed by atoms with Crippen LogP contribution in [0.3, 0.4) is 0 Å². The van der Waals surface area contributed by atoms with Crippen molar-refractivity contribution in [2.75, 3.05) is 6.61 Å². The van der Waals surface area contributed by atoms with E-state index in [2.05, 4.69) is 20.9 Å². The molecule has 1 fully saturated rings. The minimum Gasteiger partial charge on any atom is -0.387 e. The molecule has 0 spiro atoms.